The molecule has 0 saturated heterocycles. The van der Waals surface area contributed by atoms with Crippen LogP contribution in [-0.4, -0.2) is 22.3 Å². The van der Waals surface area contributed by atoms with Gasteiger partial charge in [-0.05, 0) is 101 Å². The van der Waals surface area contributed by atoms with Crippen molar-refractivity contribution in [1.82, 2.24) is 0 Å². The quantitative estimate of drug-likeness (QED) is 0.600. The van der Waals surface area contributed by atoms with E-state index in [1.807, 2.05) is 12.1 Å². The molecule has 3 aromatic carbocycles. The van der Waals surface area contributed by atoms with E-state index in [2.05, 4.69) is 36.4 Å². The van der Waals surface area contributed by atoms with Crippen LogP contribution in [0.5, 0.6) is 0 Å². The Balaban J connectivity index is 1.31. The molecule has 3 aromatic rings. The third-order valence-corrected chi connectivity index (χ3v) is 8.14. The van der Waals surface area contributed by atoms with Crippen molar-refractivity contribution < 1.29 is 15.0 Å². The Kier molecular flexibility index (Phi) is 3.88. The van der Waals surface area contributed by atoms with Gasteiger partial charge in [0.15, 0.2) is 0 Å². The van der Waals surface area contributed by atoms with Crippen LogP contribution < -0.4 is 0 Å². The zero-order valence-electron chi connectivity index (χ0n) is 16.9. The van der Waals surface area contributed by atoms with Crippen LogP contribution in [0.15, 0.2) is 60.7 Å². The molecule has 0 spiro atoms. The number of benzene rings is 3. The molecule has 0 amide bonds. The number of carbonyl (C=O) groups is 1. The number of rotatable bonds is 3. The number of carboxylic acid groups (broad SMARTS) is 1. The van der Waals surface area contributed by atoms with Crippen molar-refractivity contribution in [3.05, 3.63) is 71.8 Å². The van der Waals surface area contributed by atoms with E-state index in [4.69, 9.17) is 0 Å². The summed E-state index contributed by atoms with van der Waals surface area (Å²) in [5.41, 5.74) is 4.38. The smallest absolute Gasteiger partial charge is 0.335 e. The fourth-order valence-electron chi connectivity index (χ4n) is 6.93. The number of aliphatic hydroxyl groups excluding tert-OH is 1. The second kappa shape index (κ2) is 6.42. The van der Waals surface area contributed by atoms with Gasteiger partial charge in [0.25, 0.3) is 0 Å². The van der Waals surface area contributed by atoms with E-state index >= 15 is 0 Å². The highest BCUT2D eigenvalue weighted by molar-refractivity contribution is 5.95. The number of hydrogen-bond donors (Lipinski definition) is 2. The van der Waals surface area contributed by atoms with Crippen molar-refractivity contribution in [3.8, 4) is 11.1 Å². The van der Waals surface area contributed by atoms with Gasteiger partial charge in [-0.25, -0.2) is 4.79 Å². The van der Waals surface area contributed by atoms with E-state index in [9.17, 15) is 15.0 Å². The normalized spacial score (nSPS) is 31.9. The predicted octanol–water partition coefficient (Wildman–Crippen LogP) is 5.64. The van der Waals surface area contributed by atoms with E-state index in [1.54, 1.807) is 12.1 Å². The molecule has 4 aliphatic carbocycles. The first-order valence-corrected chi connectivity index (χ1v) is 11.1. The molecule has 0 radical (unpaired) electrons. The molecule has 0 aliphatic heterocycles. The van der Waals surface area contributed by atoms with Crippen molar-refractivity contribution >= 4 is 16.7 Å². The molecule has 3 heteroatoms. The lowest BCUT2D eigenvalue weighted by atomic mass is 9.47. The van der Waals surface area contributed by atoms with E-state index in [-0.39, 0.29) is 11.5 Å². The summed E-state index contributed by atoms with van der Waals surface area (Å²) < 4.78 is 0. The fourth-order valence-corrected chi connectivity index (χ4v) is 6.93. The monoisotopic (exact) mass is 398 g/mol. The topological polar surface area (TPSA) is 57.5 Å². The second-order valence-corrected chi connectivity index (χ2v) is 9.90. The lowest BCUT2D eigenvalue weighted by molar-refractivity contribution is -0.106. The van der Waals surface area contributed by atoms with Crippen molar-refractivity contribution in [2.24, 2.45) is 17.8 Å². The molecule has 4 bridgehead atoms. The standard InChI is InChI=1S/C27H26O3/c28-25-22-9-16-10-23(25)15-27(13-16,14-22)24-7-5-17(6-8-24)18-1-2-20-12-21(26(29)30)4-3-19(20)11-18/h1-8,11-12,16,22-23,25,28H,9-10,13-15H2,(H,29,30). The Hall–Kier alpha value is -2.65. The van der Waals surface area contributed by atoms with Crippen molar-refractivity contribution in [2.45, 2.75) is 43.6 Å². The summed E-state index contributed by atoms with van der Waals surface area (Å²) in [5, 5.41) is 21.8. The van der Waals surface area contributed by atoms with Crippen LogP contribution >= 0.6 is 0 Å². The van der Waals surface area contributed by atoms with Crippen LogP contribution in [-0.2, 0) is 5.41 Å². The number of hydrogen-bond acceptors (Lipinski definition) is 2. The largest absolute Gasteiger partial charge is 0.478 e. The fraction of sp³-hybridized carbons (Fsp3) is 0.370. The van der Waals surface area contributed by atoms with E-state index < -0.39 is 5.97 Å². The van der Waals surface area contributed by atoms with Gasteiger partial charge in [-0.2, -0.15) is 0 Å². The highest BCUT2D eigenvalue weighted by atomic mass is 16.4. The van der Waals surface area contributed by atoms with Crippen LogP contribution in [0.4, 0.5) is 0 Å². The first-order valence-electron chi connectivity index (χ1n) is 11.1. The molecule has 4 saturated carbocycles. The minimum absolute atomic E-state index is 0.0757. The molecule has 2 N–H and O–H groups in total. The van der Waals surface area contributed by atoms with Crippen LogP contribution in [0.25, 0.3) is 21.9 Å². The summed E-state index contributed by atoms with van der Waals surface area (Å²) in [6.45, 7) is 0. The van der Waals surface area contributed by atoms with E-state index in [0.29, 0.717) is 17.4 Å². The van der Waals surface area contributed by atoms with Crippen molar-refractivity contribution in [1.29, 1.82) is 0 Å². The Morgan fingerprint density at radius 1 is 0.800 bits per heavy atom. The summed E-state index contributed by atoms with van der Waals surface area (Å²) in [6.07, 6.45) is 5.93. The van der Waals surface area contributed by atoms with Gasteiger partial charge >= 0.3 is 5.97 Å². The Morgan fingerprint density at radius 2 is 1.43 bits per heavy atom. The molecular weight excluding hydrogens is 372 g/mol. The van der Waals surface area contributed by atoms with Gasteiger partial charge in [-0.3, -0.25) is 0 Å². The predicted molar refractivity (Wildman–Crippen MR) is 118 cm³/mol. The zero-order chi connectivity index (χ0) is 20.5. The third kappa shape index (κ3) is 2.72. The Morgan fingerprint density at radius 3 is 2.13 bits per heavy atom. The zero-order valence-corrected chi connectivity index (χ0v) is 16.9. The van der Waals surface area contributed by atoms with Crippen LogP contribution in [0.3, 0.4) is 0 Å². The van der Waals surface area contributed by atoms with Crippen LogP contribution in [0.2, 0.25) is 0 Å². The summed E-state index contributed by atoms with van der Waals surface area (Å²) >= 11 is 0. The Bertz CT molecular complexity index is 1130. The maximum absolute atomic E-state index is 11.2. The molecule has 2 atom stereocenters. The third-order valence-electron chi connectivity index (χ3n) is 8.14. The number of aliphatic hydroxyl groups is 1. The molecule has 30 heavy (non-hydrogen) atoms. The maximum Gasteiger partial charge on any atom is 0.335 e. The Labute approximate surface area is 176 Å². The minimum atomic E-state index is -0.895. The lowest BCUT2D eigenvalue weighted by Gasteiger charge is -2.59. The molecule has 3 nitrogen and oxygen atoms in total. The number of carboxylic acids is 1. The number of aromatic carboxylic acids is 1. The van der Waals surface area contributed by atoms with Crippen molar-refractivity contribution in [3.63, 3.8) is 0 Å². The van der Waals surface area contributed by atoms with Gasteiger partial charge in [0.05, 0.1) is 11.7 Å². The molecule has 152 valence electrons. The van der Waals surface area contributed by atoms with Crippen LogP contribution in [0.1, 0.15) is 48.0 Å². The second-order valence-electron chi connectivity index (χ2n) is 9.90. The molecule has 7 rings (SSSR count). The molecule has 0 heterocycles. The summed E-state index contributed by atoms with van der Waals surface area (Å²) in [5.74, 6) is 0.884. The average molecular weight is 399 g/mol. The number of fused-ring (bicyclic) bond motifs is 1. The van der Waals surface area contributed by atoms with E-state index in [0.717, 1.165) is 35.1 Å². The first kappa shape index (κ1) is 18.1. The summed E-state index contributed by atoms with van der Waals surface area (Å²) in [7, 11) is 0. The average Bonchev–Trinajstić information content (AvgIpc) is 2.76. The molecule has 4 fully saturated rings. The molecule has 0 aromatic heterocycles. The van der Waals surface area contributed by atoms with Gasteiger partial charge in [0.2, 0.25) is 0 Å². The van der Waals surface area contributed by atoms with Crippen molar-refractivity contribution in [2.75, 3.05) is 0 Å². The van der Waals surface area contributed by atoms with Gasteiger partial charge in [0, 0.05) is 0 Å². The SMILES string of the molecule is O=C(O)c1ccc2cc(-c3ccc(C45CC6CC(C4)C(O)C(C6)C5)cc3)ccc2c1. The summed E-state index contributed by atoms with van der Waals surface area (Å²) in [4.78, 5) is 11.2. The first-order chi connectivity index (χ1) is 14.5. The van der Waals surface area contributed by atoms with E-state index in [1.165, 1.54) is 30.4 Å². The van der Waals surface area contributed by atoms with Gasteiger partial charge in [-0.1, -0.05) is 42.5 Å². The van der Waals surface area contributed by atoms with Gasteiger partial charge in [-0.15, -0.1) is 0 Å². The maximum atomic E-state index is 11.2. The molecule has 4 aliphatic rings. The highest BCUT2D eigenvalue weighted by Crippen LogP contribution is 2.60. The highest BCUT2D eigenvalue weighted by Gasteiger charge is 2.55. The minimum Gasteiger partial charge on any atom is -0.478 e. The summed E-state index contributed by atoms with van der Waals surface area (Å²) in [6, 6.07) is 20.6. The van der Waals surface area contributed by atoms with Gasteiger partial charge < -0.3 is 10.2 Å². The lowest BCUT2D eigenvalue weighted by Crippen LogP contribution is -2.55. The molecular formula is C27H26O3. The van der Waals surface area contributed by atoms with Crippen LogP contribution in [0, 0.1) is 17.8 Å². The molecule has 2 unspecified atom stereocenters. The van der Waals surface area contributed by atoms with Gasteiger partial charge in [0.1, 0.15) is 0 Å².